The Morgan fingerprint density at radius 3 is 2.88 bits per heavy atom. The third kappa shape index (κ3) is 4.00. The average molecular weight is 341 g/mol. The van der Waals surface area contributed by atoms with Crippen molar-refractivity contribution in [3.63, 3.8) is 0 Å². The second-order valence-electron chi connectivity index (χ2n) is 5.83. The third-order valence-electron chi connectivity index (χ3n) is 3.72. The van der Waals surface area contributed by atoms with Gasteiger partial charge in [-0.15, -0.1) is 5.10 Å². The molecule has 0 atom stereocenters. The fourth-order valence-corrected chi connectivity index (χ4v) is 2.31. The zero-order valence-electron chi connectivity index (χ0n) is 14.1. The fourth-order valence-electron chi connectivity index (χ4n) is 2.31. The molecule has 0 bridgehead atoms. The van der Waals surface area contributed by atoms with Gasteiger partial charge in [-0.05, 0) is 18.6 Å². The van der Waals surface area contributed by atoms with Gasteiger partial charge in [0.1, 0.15) is 0 Å². The quantitative estimate of drug-likeness (QED) is 0.723. The molecule has 0 aliphatic carbocycles. The minimum Gasteiger partial charge on any atom is -0.349 e. The molecule has 3 rings (SSSR count). The Balaban J connectivity index is 1.57. The van der Waals surface area contributed by atoms with E-state index in [2.05, 4.69) is 20.7 Å². The molecule has 0 saturated heterocycles. The molecular weight excluding hydrogens is 322 g/mol. The first-order valence-electron chi connectivity index (χ1n) is 7.88. The summed E-state index contributed by atoms with van der Waals surface area (Å²) in [4.78, 5) is 25.4. The number of carbonyl (C=O) groups excluding carboxylic acids is 2. The van der Waals surface area contributed by atoms with Gasteiger partial charge in [0.15, 0.2) is 5.82 Å². The number of hydrogen-bond donors (Lipinski definition) is 1. The number of fused-ring (bicyclic) bond motifs is 1. The predicted octanol–water partition coefficient (Wildman–Crippen LogP) is 1.05. The summed E-state index contributed by atoms with van der Waals surface area (Å²) in [7, 11) is 3.47. The minimum absolute atomic E-state index is 0.0872. The number of pyridine rings is 1. The second-order valence-corrected chi connectivity index (χ2v) is 5.83. The van der Waals surface area contributed by atoms with Crippen LogP contribution in [0.2, 0.25) is 0 Å². The normalized spacial score (nSPS) is 10.8. The Labute approximate surface area is 144 Å². The first kappa shape index (κ1) is 16.6. The van der Waals surface area contributed by atoms with Crippen LogP contribution in [-0.4, -0.2) is 55.4 Å². The fraction of sp³-hybridized carbons (Fsp3) is 0.312. The van der Waals surface area contributed by atoms with Crippen LogP contribution in [0, 0.1) is 0 Å². The topological polar surface area (TPSA) is 97.4 Å². The largest absolute Gasteiger partial charge is 0.349 e. The van der Waals surface area contributed by atoms with Crippen molar-refractivity contribution in [3.05, 3.63) is 42.4 Å². The van der Waals surface area contributed by atoms with Gasteiger partial charge in [-0.3, -0.25) is 14.3 Å². The summed E-state index contributed by atoms with van der Waals surface area (Å²) >= 11 is 0. The van der Waals surface area contributed by atoms with Crippen molar-refractivity contribution in [1.82, 2.24) is 29.5 Å². The molecule has 0 aliphatic rings. The van der Waals surface area contributed by atoms with Gasteiger partial charge < -0.3 is 10.2 Å². The maximum absolute atomic E-state index is 12.3. The Morgan fingerprint density at radius 1 is 1.24 bits per heavy atom. The highest BCUT2D eigenvalue weighted by atomic mass is 16.2. The van der Waals surface area contributed by atoms with Gasteiger partial charge in [0.2, 0.25) is 5.91 Å². The highest BCUT2D eigenvalue weighted by Crippen LogP contribution is 2.09. The summed E-state index contributed by atoms with van der Waals surface area (Å²) in [5.74, 6) is 0.275. The van der Waals surface area contributed by atoms with E-state index in [-0.39, 0.29) is 11.8 Å². The molecule has 25 heavy (non-hydrogen) atoms. The molecule has 0 unspecified atom stereocenters. The van der Waals surface area contributed by atoms with E-state index >= 15 is 0 Å². The number of amides is 2. The SMILES string of the molecule is CN(C)C(=O)CCCn1ccc(NC(=O)c2ccc3cnnn3c2)n1. The minimum atomic E-state index is -0.273. The van der Waals surface area contributed by atoms with E-state index < -0.39 is 0 Å². The summed E-state index contributed by atoms with van der Waals surface area (Å²) in [6.45, 7) is 0.611. The summed E-state index contributed by atoms with van der Waals surface area (Å²) in [6.07, 6.45) is 6.16. The van der Waals surface area contributed by atoms with E-state index in [0.717, 1.165) is 5.52 Å². The standard InChI is InChI=1S/C16H19N7O2/c1-21(2)15(24)4-3-8-22-9-7-14(19-22)18-16(25)12-5-6-13-10-17-20-23(13)11-12/h5-7,9-11H,3-4,8H2,1-2H3,(H,18,19,25). The molecule has 2 amide bonds. The molecule has 9 heteroatoms. The molecule has 0 aromatic carbocycles. The van der Waals surface area contributed by atoms with Gasteiger partial charge in [0.25, 0.3) is 5.91 Å². The lowest BCUT2D eigenvalue weighted by molar-refractivity contribution is -0.128. The van der Waals surface area contributed by atoms with Crippen LogP contribution in [0.1, 0.15) is 23.2 Å². The molecule has 3 aromatic rings. The summed E-state index contributed by atoms with van der Waals surface area (Å²) in [5.41, 5.74) is 1.28. The van der Waals surface area contributed by atoms with Crippen molar-refractivity contribution in [2.24, 2.45) is 0 Å². The number of hydrogen-bond acceptors (Lipinski definition) is 5. The first-order valence-corrected chi connectivity index (χ1v) is 7.88. The predicted molar refractivity (Wildman–Crippen MR) is 91.1 cm³/mol. The zero-order chi connectivity index (χ0) is 17.8. The highest BCUT2D eigenvalue weighted by molar-refractivity contribution is 6.03. The van der Waals surface area contributed by atoms with Crippen molar-refractivity contribution >= 4 is 23.1 Å². The van der Waals surface area contributed by atoms with Crippen molar-refractivity contribution in [2.45, 2.75) is 19.4 Å². The van der Waals surface area contributed by atoms with E-state index in [1.807, 2.05) is 0 Å². The lowest BCUT2D eigenvalue weighted by atomic mass is 10.2. The highest BCUT2D eigenvalue weighted by Gasteiger charge is 2.10. The number of nitrogens with one attached hydrogen (secondary N) is 1. The van der Waals surface area contributed by atoms with Crippen LogP contribution in [0.3, 0.4) is 0 Å². The van der Waals surface area contributed by atoms with E-state index in [1.54, 1.807) is 60.5 Å². The van der Waals surface area contributed by atoms with Gasteiger partial charge in [0, 0.05) is 45.5 Å². The van der Waals surface area contributed by atoms with Gasteiger partial charge in [-0.25, -0.2) is 4.52 Å². The van der Waals surface area contributed by atoms with Crippen LogP contribution in [0.4, 0.5) is 5.82 Å². The van der Waals surface area contributed by atoms with Crippen LogP contribution in [-0.2, 0) is 11.3 Å². The Bertz CT molecular complexity index is 897. The maximum atomic E-state index is 12.3. The average Bonchev–Trinajstić information content (AvgIpc) is 3.22. The molecule has 0 saturated carbocycles. The van der Waals surface area contributed by atoms with Crippen molar-refractivity contribution in [3.8, 4) is 0 Å². The second kappa shape index (κ2) is 7.12. The molecule has 0 radical (unpaired) electrons. The Hall–Kier alpha value is -3.23. The molecule has 3 heterocycles. The third-order valence-corrected chi connectivity index (χ3v) is 3.72. The summed E-state index contributed by atoms with van der Waals surface area (Å²) < 4.78 is 3.24. The molecule has 130 valence electrons. The van der Waals surface area contributed by atoms with Gasteiger partial charge >= 0.3 is 0 Å². The monoisotopic (exact) mass is 341 g/mol. The van der Waals surface area contributed by atoms with Crippen LogP contribution in [0.5, 0.6) is 0 Å². The van der Waals surface area contributed by atoms with E-state index in [0.29, 0.717) is 30.8 Å². The number of aromatic nitrogens is 5. The Kier molecular flexibility index (Phi) is 4.73. The summed E-state index contributed by atoms with van der Waals surface area (Å²) in [5, 5.41) is 14.7. The number of aryl methyl sites for hydroxylation is 1. The maximum Gasteiger partial charge on any atom is 0.258 e. The smallest absolute Gasteiger partial charge is 0.258 e. The molecular formula is C16H19N7O2. The molecule has 0 aliphatic heterocycles. The van der Waals surface area contributed by atoms with Crippen molar-refractivity contribution < 1.29 is 9.59 Å². The molecule has 1 N–H and O–H groups in total. The molecule has 0 spiro atoms. The van der Waals surface area contributed by atoms with E-state index in [1.165, 1.54) is 4.52 Å². The molecule has 9 nitrogen and oxygen atoms in total. The first-order chi connectivity index (χ1) is 12.0. The molecule has 0 fully saturated rings. The number of nitrogens with zero attached hydrogens (tertiary/aromatic N) is 6. The van der Waals surface area contributed by atoms with Crippen LogP contribution in [0.25, 0.3) is 5.52 Å². The van der Waals surface area contributed by atoms with Crippen molar-refractivity contribution in [2.75, 3.05) is 19.4 Å². The number of carbonyl (C=O) groups is 2. The lowest BCUT2D eigenvalue weighted by Gasteiger charge is -2.09. The van der Waals surface area contributed by atoms with E-state index in [9.17, 15) is 9.59 Å². The van der Waals surface area contributed by atoms with Crippen molar-refractivity contribution in [1.29, 1.82) is 0 Å². The Morgan fingerprint density at radius 2 is 2.08 bits per heavy atom. The number of rotatable bonds is 6. The zero-order valence-corrected chi connectivity index (χ0v) is 14.1. The van der Waals surface area contributed by atoms with E-state index in [4.69, 9.17) is 0 Å². The van der Waals surface area contributed by atoms with Crippen LogP contribution < -0.4 is 5.32 Å². The summed E-state index contributed by atoms with van der Waals surface area (Å²) in [6, 6.07) is 5.20. The van der Waals surface area contributed by atoms with Crippen LogP contribution >= 0.6 is 0 Å². The van der Waals surface area contributed by atoms with Gasteiger partial charge in [0.05, 0.1) is 17.3 Å². The van der Waals surface area contributed by atoms with Gasteiger partial charge in [-0.1, -0.05) is 5.21 Å². The van der Waals surface area contributed by atoms with Gasteiger partial charge in [-0.2, -0.15) is 5.10 Å². The molecule has 3 aromatic heterocycles. The number of anilines is 1. The van der Waals surface area contributed by atoms with Crippen LogP contribution in [0.15, 0.2) is 36.8 Å². The lowest BCUT2D eigenvalue weighted by Crippen LogP contribution is -2.21.